The summed E-state index contributed by atoms with van der Waals surface area (Å²) in [7, 11) is 0. The molecule has 0 fully saturated rings. The molecule has 0 amide bonds. The summed E-state index contributed by atoms with van der Waals surface area (Å²) < 4.78 is 12.0. The second-order valence-corrected chi connectivity index (χ2v) is 6.06. The first-order valence-electron chi connectivity index (χ1n) is 8.28. The van der Waals surface area contributed by atoms with Crippen LogP contribution in [-0.4, -0.2) is 28.4 Å². The van der Waals surface area contributed by atoms with Crippen LogP contribution in [0.1, 0.15) is 17.2 Å². The monoisotopic (exact) mass is 386 g/mol. The van der Waals surface area contributed by atoms with Gasteiger partial charge in [-0.3, -0.25) is 27.9 Å². The number of phenols is 2. The SMILES string of the molecule is NC(N)=[NH+]/C=C/c1ccc2c(c1)O[C@@H]([NH+]=C(N)N)[C@H](c1ccc(O)c(O)c1)O2. The zero-order valence-electron chi connectivity index (χ0n) is 14.8. The van der Waals surface area contributed by atoms with Gasteiger partial charge in [0.1, 0.15) is 0 Å². The number of benzene rings is 2. The lowest BCUT2D eigenvalue weighted by molar-refractivity contribution is -0.565. The van der Waals surface area contributed by atoms with Gasteiger partial charge >= 0.3 is 11.9 Å². The maximum atomic E-state index is 9.80. The molecule has 146 valence electrons. The fourth-order valence-electron chi connectivity index (χ4n) is 2.68. The van der Waals surface area contributed by atoms with Gasteiger partial charge in [0.2, 0.25) is 0 Å². The molecule has 1 aliphatic heterocycles. The number of hydrogen-bond acceptors (Lipinski definition) is 4. The van der Waals surface area contributed by atoms with Gasteiger partial charge in [-0.1, -0.05) is 12.1 Å². The van der Waals surface area contributed by atoms with Crippen LogP contribution in [-0.2, 0) is 0 Å². The van der Waals surface area contributed by atoms with Gasteiger partial charge in [0.25, 0.3) is 6.23 Å². The van der Waals surface area contributed by atoms with Crippen molar-refractivity contribution in [1.82, 2.24) is 0 Å². The zero-order chi connectivity index (χ0) is 20.3. The molecule has 28 heavy (non-hydrogen) atoms. The van der Waals surface area contributed by atoms with Crippen LogP contribution in [0.4, 0.5) is 0 Å². The van der Waals surface area contributed by atoms with E-state index in [1.165, 1.54) is 12.1 Å². The number of ether oxygens (including phenoxy) is 2. The molecule has 0 saturated heterocycles. The summed E-state index contributed by atoms with van der Waals surface area (Å²) in [6, 6.07) is 9.65. The van der Waals surface area contributed by atoms with Crippen LogP contribution >= 0.6 is 0 Å². The van der Waals surface area contributed by atoms with Gasteiger partial charge in [-0.25, -0.2) is 4.99 Å². The maximum Gasteiger partial charge on any atom is 0.343 e. The van der Waals surface area contributed by atoms with Gasteiger partial charge < -0.3 is 19.7 Å². The van der Waals surface area contributed by atoms with E-state index in [1.807, 2.05) is 6.07 Å². The van der Waals surface area contributed by atoms with Crippen molar-refractivity contribution in [3.05, 3.63) is 53.7 Å². The van der Waals surface area contributed by atoms with Gasteiger partial charge in [-0.05, 0) is 35.9 Å². The van der Waals surface area contributed by atoms with Crippen LogP contribution in [0.2, 0.25) is 0 Å². The molecule has 3 rings (SSSR count). The topological polar surface area (TPSA) is 191 Å². The van der Waals surface area contributed by atoms with E-state index >= 15 is 0 Å². The van der Waals surface area contributed by atoms with E-state index in [9.17, 15) is 10.2 Å². The third-order valence-corrected chi connectivity index (χ3v) is 3.91. The predicted molar refractivity (Wildman–Crippen MR) is 102 cm³/mol. The predicted octanol–water partition coefficient (Wildman–Crippen LogP) is -3.38. The van der Waals surface area contributed by atoms with E-state index in [1.54, 1.807) is 30.5 Å². The normalized spacial score (nSPS) is 17.9. The van der Waals surface area contributed by atoms with Gasteiger partial charge in [0.05, 0.1) is 6.20 Å². The molecule has 10 nitrogen and oxygen atoms in total. The van der Waals surface area contributed by atoms with Crippen LogP contribution in [0, 0.1) is 0 Å². The standard InChI is InChI=1S/C18H20N6O4/c19-17(20)23-6-5-9-1-4-13-14(7-9)28-16(24-18(21)22)15(27-13)10-2-3-11(25)12(26)8-10/h1-8,15-16,25-26H,(H4,19,20,23)(H4,21,22,24)/p+2/b6-5+/t15-,16+/m0/s1. The van der Waals surface area contributed by atoms with E-state index in [4.69, 9.17) is 32.4 Å². The van der Waals surface area contributed by atoms with Crippen molar-refractivity contribution < 1.29 is 29.7 Å². The number of aromatic hydroxyl groups is 2. The second-order valence-electron chi connectivity index (χ2n) is 6.06. The van der Waals surface area contributed by atoms with Crippen LogP contribution in [0.3, 0.4) is 0 Å². The molecule has 10 heteroatoms. The number of hydrogen-bond donors (Lipinski definition) is 8. The Balaban J connectivity index is 1.95. The summed E-state index contributed by atoms with van der Waals surface area (Å²) >= 11 is 0. The van der Waals surface area contributed by atoms with Crippen LogP contribution < -0.4 is 42.4 Å². The van der Waals surface area contributed by atoms with Crippen molar-refractivity contribution in [3.63, 3.8) is 0 Å². The molecule has 1 aliphatic rings. The minimum absolute atomic E-state index is 0.0562. The highest BCUT2D eigenvalue weighted by molar-refractivity contribution is 5.70. The Kier molecular flexibility index (Phi) is 5.12. The minimum atomic E-state index is -0.771. The van der Waals surface area contributed by atoms with Gasteiger partial charge in [-0.2, -0.15) is 0 Å². The first-order valence-corrected chi connectivity index (χ1v) is 8.28. The highest BCUT2D eigenvalue weighted by Gasteiger charge is 2.34. The van der Waals surface area contributed by atoms with Gasteiger partial charge in [0.15, 0.2) is 29.1 Å². The van der Waals surface area contributed by atoms with Crippen molar-refractivity contribution >= 4 is 18.0 Å². The Hall–Kier alpha value is -4.08. The molecule has 0 aromatic heterocycles. The van der Waals surface area contributed by atoms with Crippen LogP contribution in [0.5, 0.6) is 23.0 Å². The molecular weight excluding hydrogens is 364 g/mol. The zero-order valence-corrected chi connectivity index (χ0v) is 14.8. The number of nitrogens with one attached hydrogen (secondary N) is 2. The highest BCUT2D eigenvalue weighted by Crippen LogP contribution is 2.40. The molecule has 0 unspecified atom stereocenters. The molecule has 2 aromatic carbocycles. The lowest BCUT2D eigenvalue weighted by atomic mass is 10.1. The third kappa shape index (κ3) is 4.18. The largest absolute Gasteiger partial charge is 0.504 e. The first-order chi connectivity index (χ1) is 13.3. The number of nitrogens with two attached hydrogens (primary N) is 4. The Morgan fingerprint density at radius 1 is 0.893 bits per heavy atom. The third-order valence-electron chi connectivity index (χ3n) is 3.91. The van der Waals surface area contributed by atoms with Gasteiger partial charge in [-0.15, -0.1) is 0 Å². The number of phenolic OH excluding ortho intramolecular Hbond substituents is 2. The Bertz CT molecular complexity index is 965. The summed E-state index contributed by atoms with van der Waals surface area (Å²) in [5.41, 5.74) is 23.2. The quantitative estimate of drug-likeness (QED) is 0.151. The molecule has 0 bridgehead atoms. The molecule has 0 aliphatic carbocycles. The fraction of sp³-hybridized carbons (Fsp3) is 0.111. The average Bonchev–Trinajstić information content (AvgIpc) is 2.62. The number of fused-ring (bicyclic) bond motifs is 1. The van der Waals surface area contributed by atoms with Crippen molar-refractivity contribution in [2.24, 2.45) is 22.9 Å². The lowest BCUT2D eigenvalue weighted by Crippen LogP contribution is -2.87. The molecular formula is C18H22N6O4+2. The number of guanidine groups is 2. The van der Waals surface area contributed by atoms with Crippen LogP contribution in [0.25, 0.3) is 6.08 Å². The second kappa shape index (κ2) is 7.66. The molecule has 12 N–H and O–H groups in total. The summed E-state index contributed by atoms with van der Waals surface area (Å²) in [4.78, 5) is 5.47. The van der Waals surface area contributed by atoms with E-state index in [0.29, 0.717) is 17.1 Å². The summed E-state index contributed by atoms with van der Waals surface area (Å²) in [6.07, 6.45) is 1.88. The molecule has 2 atom stereocenters. The first kappa shape index (κ1) is 18.7. The smallest absolute Gasteiger partial charge is 0.343 e. The average molecular weight is 386 g/mol. The van der Waals surface area contributed by atoms with E-state index in [0.717, 1.165) is 5.56 Å². The van der Waals surface area contributed by atoms with Crippen molar-refractivity contribution in [1.29, 1.82) is 0 Å². The maximum absolute atomic E-state index is 9.80. The highest BCUT2D eigenvalue weighted by atomic mass is 16.6. The van der Waals surface area contributed by atoms with E-state index < -0.39 is 12.3 Å². The van der Waals surface area contributed by atoms with Crippen molar-refractivity contribution in [3.8, 4) is 23.0 Å². The molecule has 0 radical (unpaired) electrons. The van der Waals surface area contributed by atoms with Crippen LogP contribution in [0.15, 0.2) is 42.6 Å². The molecule has 2 aromatic rings. The molecule has 1 heterocycles. The Labute approximate surface area is 160 Å². The number of rotatable bonds is 4. The van der Waals surface area contributed by atoms with Crippen molar-refractivity contribution in [2.45, 2.75) is 12.3 Å². The molecule has 0 spiro atoms. The summed E-state index contributed by atoms with van der Waals surface area (Å²) in [5, 5.41) is 19.3. The summed E-state index contributed by atoms with van der Waals surface area (Å²) in [5.74, 6) is 0.451. The lowest BCUT2D eigenvalue weighted by Gasteiger charge is -2.31. The Morgan fingerprint density at radius 3 is 2.36 bits per heavy atom. The summed E-state index contributed by atoms with van der Waals surface area (Å²) in [6.45, 7) is 0. The van der Waals surface area contributed by atoms with Gasteiger partial charge in [0, 0.05) is 5.56 Å². The fourth-order valence-corrected chi connectivity index (χ4v) is 2.68. The van der Waals surface area contributed by atoms with E-state index in [-0.39, 0.29) is 23.4 Å². The van der Waals surface area contributed by atoms with Crippen molar-refractivity contribution in [2.75, 3.05) is 0 Å². The Morgan fingerprint density at radius 2 is 1.68 bits per heavy atom. The van der Waals surface area contributed by atoms with E-state index in [2.05, 4.69) is 9.98 Å². The molecule has 0 saturated carbocycles. The minimum Gasteiger partial charge on any atom is -0.504 e.